The molecule has 0 spiro atoms. The summed E-state index contributed by atoms with van der Waals surface area (Å²) >= 11 is 0. The van der Waals surface area contributed by atoms with Crippen LogP contribution >= 0.6 is 0 Å². The smallest absolute Gasteiger partial charge is 0.307 e. The summed E-state index contributed by atoms with van der Waals surface area (Å²) < 4.78 is 10.4. The average Bonchev–Trinajstić information content (AvgIpc) is 2.54. The molecule has 0 saturated carbocycles. The summed E-state index contributed by atoms with van der Waals surface area (Å²) in [6.07, 6.45) is 0.903. The van der Waals surface area contributed by atoms with E-state index in [2.05, 4.69) is 5.32 Å². The van der Waals surface area contributed by atoms with Crippen LogP contribution in [0.2, 0.25) is 0 Å². The number of carbonyl (C=O) groups excluding carboxylic acids is 2. The van der Waals surface area contributed by atoms with Crippen LogP contribution in [0, 0.1) is 0 Å². The number of hydrogen-bond donors (Lipinski definition) is 1. The van der Waals surface area contributed by atoms with Crippen LogP contribution in [0.25, 0.3) is 0 Å². The van der Waals surface area contributed by atoms with Gasteiger partial charge in [0.25, 0.3) is 0 Å². The Bertz CT molecular complexity index is 498. The summed E-state index contributed by atoms with van der Waals surface area (Å²) in [7, 11) is 0. The van der Waals surface area contributed by atoms with Crippen LogP contribution in [-0.2, 0) is 9.53 Å². The van der Waals surface area contributed by atoms with Crippen LogP contribution in [0.1, 0.15) is 50.9 Å². The number of ketones is 1. The molecule has 0 radical (unpaired) electrons. The minimum atomic E-state index is -0.582. The van der Waals surface area contributed by atoms with Crippen molar-refractivity contribution in [2.75, 3.05) is 13.2 Å². The topological polar surface area (TPSA) is 64.6 Å². The maximum absolute atomic E-state index is 12.7. The van der Waals surface area contributed by atoms with Crippen LogP contribution in [0.15, 0.2) is 24.3 Å². The van der Waals surface area contributed by atoms with E-state index in [0.717, 1.165) is 12.2 Å². The number of esters is 1. The van der Waals surface area contributed by atoms with Gasteiger partial charge in [0.1, 0.15) is 5.75 Å². The zero-order chi connectivity index (χ0) is 17.2. The standard InChI is InChI=1S/C18H27NO4/c1-5-13(4)19-16(12-17(20)23-7-3)18(21)14-8-10-15(11-9-14)22-6-2/h8-11,13,16,19H,5-7,12H2,1-4H3. The SMILES string of the molecule is CCOC(=O)CC(NC(C)CC)C(=O)c1ccc(OCC)cc1. The van der Waals surface area contributed by atoms with Gasteiger partial charge in [-0.05, 0) is 51.5 Å². The monoisotopic (exact) mass is 321 g/mol. The number of rotatable bonds is 10. The first-order chi connectivity index (χ1) is 11.0. The van der Waals surface area contributed by atoms with Gasteiger partial charge in [-0.3, -0.25) is 9.59 Å². The molecule has 23 heavy (non-hydrogen) atoms. The lowest BCUT2D eigenvalue weighted by atomic mass is 10.00. The highest BCUT2D eigenvalue weighted by atomic mass is 16.5. The molecule has 2 unspecified atom stereocenters. The zero-order valence-electron chi connectivity index (χ0n) is 14.4. The third kappa shape index (κ3) is 6.40. The molecule has 128 valence electrons. The van der Waals surface area contributed by atoms with Gasteiger partial charge in [-0.15, -0.1) is 0 Å². The van der Waals surface area contributed by atoms with E-state index >= 15 is 0 Å². The molecule has 0 fully saturated rings. The fraction of sp³-hybridized carbons (Fsp3) is 0.556. The van der Waals surface area contributed by atoms with Crippen LogP contribution in [0.5, 0.6) is 5.75 Å². The van der Waals surface area contributed by atoms with E-state index in [1.165, 1.54) is 0 Å². The number of carbonyl (C=O) groups is 2. The van der Waals surface area contributed by atoms with E-state index in [0.29, 0.717) is 18.8 Å². The Labute approximate surface area is 138 Å². The Kier molecular flexibility index (Phi) is 8.33. The second-order valence-corrected chi connectivity index (χ2v) is 5.36. The fourth-order valence-electron chi connectivity index (χ4n) is 2.16. The van der Waals surface area contributed by atoms with Crippen LogP contribution in [0.4, 0.5) is 0 Å². The second kappa shape index (κ2) is 10.0. The zero-order valence-corrected chi connectivity index (χ0v) is 14.4. The molecule has 0 saturated heterocycles. The Morgan fingerprint density at radius 3 is 2.26 bits per heavy atom. The van der Waals surface area contributed by atoms with Crippen molar-refractivity contribution >= 4 is 11.8 Å². The van der Waals surface area contributed by atoms with E-state index in [4.69, 9.17) is 9.47 Å². The third-order valence-electron chi connectivity index (χ3n) is 3.54. The van der Waals surface area contributed by atoms with Crippen LogP contribution < -0.4 is 10.1 Å². The van der Waals surface area contributed by atoms with Crippen molar-refractivity contribution in [1.82, 2.24) is 5.32 Å². The fourth-order valence-corrected chi connectivity index (χ4v) is 2.16. The maximum Gasteiger partial charge on any atom is 0.307 e. The van der Waals surface area contributed by atoms with Crippen LogP contribution in [-0.4, -0.2) is 37.0 Å². The highest BCUT2D eigenvalue weighted by Crippen LogP contribution is 2.15. The van der Waals surface area contributed by atoms with Crippen molar-refractivity contribution in [3.8, 4) is 5.75 Å². The molecule has 1 N–H and O–H groups in total. The molecule has 0 heterocycles. The lowest BCUT2D eigenvalue weighted by Gasteiger charge is -2.21. The first-order valence-corrected chi connectivity index (χ1v) is 8.20. The van der Waals surface area contributed by atoms with E-state index in [1.54, 1.807) is 31.2 Å². The van der Waals surface area contributed by atoms with Gasteiger partial charge in [-0.2, -0.15) is 0 Å². The summed E-state index contributed by atoms with van der Waals surface area (Å²) in [5.41, 5.74) is 0.554. The molecule has 5 heteroatoms. The third-order valence-corrected chi connectivity index (χ3v) is 3.54. The molecule has 0 aliphatic carbocycles. The van der Waals surface area contributed by atoms with E-state index in [-0.39, 0.29) is 24.2 Å². The number of benzene rings is 1. The van der Waals surface area contributed by atoms with Crippen molar-refractivity contribution in [1.29, 1.82) is 0 Å². The highest BCUT2D eigenvalue weighted by Gasteiger charge is 2.24. The molecule has 1 aromatic carbocycles. The molecular weight excluding hydrogens is 294 g/mol. The largest absolute Gasteiger partial charge is 0.494 e. The molecule has 5 nitrogen and oxygen atoms in total. The van der Waals surface area contributed by atoms with E-state index in [9.17, 15) is 9.59 Å². The van der Waals surface area contributed by atoms with Gasteiger partial charge in [0.05, 0.1) is 25.7 Å². The van der Waals surface area contributed by atoms with Crippen LogP contribution in [0.3, 0.4) is 0 Å². The Morgan fingerprint density at radius 1 is 1.09 bits per heavy atom. The quantitative estimate of drug-likeness (QED) is 0.530. The lowest BCUT2D eigenvalue weighted by Crippen LogP contribution is -2.43. The van der Waals surface area contributed by atoms with Gasteiger partial charge in [0.15, 0.2) is 5.78 Å². The van der Waals surface area contributed by atoms with Gasteiger partial charge in [-0.25, -0.2) is 0 Å². The Morgan fingerprint density at radius 2 is 1.74 bits per heavy atom. The Balaban J connectivity index is 2.85. The predicted molar refractivity (Wildman–Crippen MR) is 89.9 cm³/mol. The summed E-state index contributed by atoms with van der Waals surface area (Å²) in [5.74, 6) is 0.245. The second-order valence-electron chi connectivity index (χ2n) is 5.36. The number of Topliss-reactive ketones (excluding diaryl/α,β-unsaturated/α-hetero) is 1. The number of hydrogen-bond acceptors (Lipinski definition) is 5. The molecule has 1 aromatic rings. The molecule has 0 aromatic heterocycles. The first-order valence-electron chi connectivity index (χ1n) is 8.20. The van der Waals surface area contributed by atoms with E-state index < -0.39 is 6.04 Å². The van der Waals surface area contributed by atoms with Crippen molar-refractivity contribution in [2.45, 2.75) is 52.6 Å². The van der Waals surface area contributed by atoms with Crippen molar-refractivity contribution < 1.29 is 19.1 Å². The van der Waals surface area contributed by atoms with Crippen molar-refractivity contribution in [2.24, 2.45) is 0 Å². The van der Waals surface area contributed by atoms with Crippen molar-refractivity contribution in [3.63, 3.8) is 0 Å². The molecule has 0 aliphatic rings. The summed E-state index contributed by atoms with van der Waals surface area (Å²) in [6, 6.07) is 6.54. The Hall–Kier alpha value is -1.88. The maximum atomic E-state index is 12.7. The van der Waals surface area contributed by atoms with Gasteiger partial charge in [0.2, 0.25) is 0 Å². The summed E-state index contributed by atoms with van der Waals surface area (Å²) in [6.45, 7) is 8.57. The lowest BCUT2D eigenvalue weighted by molar-refractivity contribution is -0.143. The molecule has 0 aliphatic heterocycles. The van der Waals surface area contributed by atoms with Gasteiger partial charge in [0, 0.05) is 11.6 Å². The molecule has 0 amide bonds. The summed E-state index contributed by atoms with van der Waals surface area (Å²) in [5, 5.41) is 3.21. The average molecular weight is 321 g/mol. The number of nitrogens with one attached hydrogen (secondary N) is 1. The first kappa shape index (κ1) is 19.2. The van der Waals surface area contributed by atoms with Gasteiger partial charge >= 0.3 is 5.97 Å². The summed E-state index contributed by atoms with van der Waals surface area (Å²) in [4.78, 5) is 24.5. The molecule has 0 bridgehead atoms. The highest BCUT2D eigenvalue weighted by molar-refractivity contribution is 6.01. The normalized spacial score (nSPS) is 13.2. The molecule has 2 atom stereocenters. The number of ether oxygens (including phenoxy) is 2. The van der Waals surface area contributed by atoms with Gasteiger partial charge in [-0.1, -0.05) is 6.92 Å². The molecule has 1 rings (SSSR count). The molecular formula is C18H27NO4. The van der Waals surface area contributed by atoms with Crippen molar-refractivity contribution in [3.05, 3.63) is 29.8 Å². The van der Waals surface area contributed by atoms with Gasteiger partial charge < -0.3 is 14.8 Å². The predicted octanol–water partition coefficient (Wildman–Crippen LogP) is 2.98. The van der Waals surface area contributed by atoms with E-state index in [1.807, 2.05) is 20.8 Å². The minimum absolute atomic E-state index is 0.0320. The minimum Gasteiger partial charge on any atom is -0.494 e.